The van der Waals surface area contributed by atoms with Gasteiger partial charge < -0.3 is 20.3 Å². The molecule has 1 aliphatic rings. The number of halogens is 1. The molecule has 0 atom stereocenters. The number of ether oxygens (including phenoxy) is 1. The van der Waals surface area contributed by atoms with Gasteiger partial charge in [0.05, 0.1) is 12.7 Å². The molecule has 1 fully saturated rings. The quantitative estimate of drug-likeness (QED) is 0.528. The van der Waals surface area contributed by atoms with Gasteiger partial charge in [0.15, 0.2) is 5.82 Å². The van der Waals surface area contributed by atoms with Crippen molar-refractivity contribution in [2.24, 2.45) is 5.92 Å². The normalized spacial score (nSPS) is 15.4. The SMILES string of the molecule is CC(C)COc1cc(O)nc(Nc2cc(O)c(N3CC(=O)NS3(=O)=O)c(F)c2)n1. The molecule has 4 N–H and O–H groups in total. The van der Waals surface area contributed by atoms with Crippen molar-refractivity contribution < 1.29 is 32.6 Å². The number of aromatic nitrogens is 2. The lowest BCUT2D eigenvalue weighted by atomic mass is 10.2. The van der Waals surface area contributed by atoms with Crippen LogP contribution in [0.2, 0.25) is 0 Å². The zero-order valence-corrected chi connectivity index (χ0v) is 16.2. The van der Waals surface area contributed by atoms with Crippen LogP contribution in [0, 0.1) is 11.7 Å². The molecule has 1 amide bonds. The van der Waals surface area contributed by atoms with Gasteiger partial charge in [-0.15, -0.1) is 0 Å². The molecule has 13 heteroatoms. The standard InChI is InChI=1S/C16H18FN5O6S/c1-8(2)7-28-14-5-12(24)19-16(20-14)18-9-3-10(17)15(11(23)4-9)22-6-13(25)21-29(22,26)27/h3-5,8,23H,6-7H2,1-2H3,(H,21,25)(H2,18,19,20,24). The Hall–Kier alpha value is -3.35. The summed E-state index contributed by atoms with van der Waals surface area (Å²) in [5.74, 6) is -2.93. The minimum absolute atomic E-state index is 0.0277. The molecule has 11 nitrogen and oxygen atoms in total. The molecular formula is C16H18FN5O6S. The van der Waals surface area contributed by atoms with E-state index in [4.69, 9.17) is 4.74 Å². The van der Waals surface area contributed by atoms with E-state index in [1.807, 2.05) is 13.8 Å². The maximum Gasteiger partial charge on any atom is 0.326 e. The number of phenolic OH excluding ortho intramolecular Hbond substituents is 1. The van der Waals surface area contributed by atoms with E-state index in [1.165, 1.54) is 6.07 Å². The highest BCUT2D eigenvalue weighted by molar-refractivity contribution is 7.92. The maximum absolute atomic E-state index is 14.5. The number of nitrogens with one attached hydrogen (secondary N) is 2. The summed E-state index contributed by atoms with van der Waals surface area (Å²) in [4.78, 5) is 19.1. The summed E-state index contributed by atoms with van der Waals surface area (Å²) >= 11 is 0. The van der Waals surface area contributed by atoms with Crippen molar-refractivity contribution in [2.45, 2.75) is 13.8 Å². The van der Waals surface area contributed by atoms with Crippen LogP contribution >= 0.6 is 0 Å². The number of phenols is 1. The van der Waals surface area contributed by atoms with E-state index < -0.39 is 45.8 Å². The fraction of sp³-hybridized carbons (Fsp3) is 0.312. The number of hydrogen-bond donors (Lipinski definition) is 4. The van der Waals surface area contributed by atoms with Crippen LogP contribution in [0.5, 0.6) is 17.5 Å². The number of hydrogen-bond acceptors (Lipinski definition) is 9. The third-order valence-electron chi connectivity index (χ3n) is 3.62. The van der Waals surface area contributed by atoms with Gasteiger partial charge in [-0.1, -0.05) is 13.8 Å². The van der Waals surface area contributed by atoms with E-state index in [-0.39, 0.29) is 23.4 Å². The van der Waals surface area contributed by atoms with E-state index in [0.29, 0.717) is 10.9 Å². The van der Waals surface area contributed by atoms with Gasteiger partial charge in [-0.25, -0.2) is 13.4 Å². The van der Waals surface area contributed by atoms with Gasteiger partial charge in [-0.2, -0.15) is 18.4 Å². The zero-order valence-electron chi connectivity index (χ0n) is 15.4. The lowest BCUT2D eigenvalue weighted by Crippen LogP contribution is -2.30. The Morgan fingerprint density at radius 3 is 2.62 bits per heavy atom. The predicted octanol–water partition coefficient (Wildman–Crippen LogP) is 0.986. The second kappa shape index (κ2) is 7.58. The molecule has 1 aromatic heterocycles. The van der Waals surface area contributed by atoms with E-state index in [2.05, 4.69) is 15.3 Å². The first-order valence-corrected chi connectivity index (χ1v) is 9.83. The summed E-state index contributed by atoms with van der Waals surface area (Å²) in [6, 6.07) is 3.12. The van der Waals surface area contributed by atoms with Crippen LogP contribution in [0.1, 0.15) is 13.8 Å². The van der Waals surface area contributed by atoms with Crippen LogP contribution in [-0.4, -0.2) is 47.7 Å². The lowest BCUT2D eigenvalue weighted by molar-refractivity contribution is -0.117. The lowest BCUT2D eigenvalue weighted by Gasteiger charge is -2.18. The predicted molar refractivity (Wildman–Crippen MR) is 99.8 cm³/mol. The molecular weight excluding hydrogens is 409 g/mol. The molecule has 1 saturated heterocycles. The molecule has 0 unspecified atom stereocenters. The number of anilines is 3. The van der Waals surface area contributed by atoms with Crippen molar-refractivity contribution in [3.05, 3.63) is 24.0 Å². The molecule has 0 radical (unpaired) electrons. The fourth-order valence-corrected chi connectivity index (χ4v) is 3.64. The zero-order chi connectivity index (χ0) is 21.3. The van der Waals surface area contributed by atoms with Gasteiger partial charge >= 0.3 is 10.2 Å². The number of carbonyl (C=O) groups is 1. The summed E-state index contributed by atoms with van der Waals surface area (Å²) in [5.41, 5.74) is -0.702. The number of nitrogens with zero attached hydrogens (tertiary/aromatic N) is 3. The van der Waals surface area contributed by atoms with E-state index in [0.717, 1.165) is 12.1 Å². The first-order valence-electron chi connectivity index (χ1n) is 8.39. The summed E-state index contributed by atoms with van der Waals surface area (Å²) < 4.78 is 45.8. The monoisotopic (exact) mass is 427 g/mol. The first-order chi connectivity index (χ1) is 13.5. The number of benzene rings is 1. The summed E-state index contributed by atoms with van der Waals surface area (Å²) in [5, 5.41) is 22.4. The third kappa shape index (κ3) is 4.56. The van der Waals surface area contributed by atoms with Crippen molar-refractivity contribution in [1.29, 1.82) is 0 Å². The van der Waals surface area contributed by atoms with Crippen LogP contribution in [0.15, 0.2) is 18.2 Å². The Morgan fingerprint density at radius 1 is 1.31 bits per heavy atom. The second-order valence-electron chi connectivity index (χ2n) is 6.58. The van der Waals surface area contributed by atoms with Gasteiger partial charge in [0.2, 0.25) is 17.7 Å². The van der Waals surface area contributed by atoms with Gasteiger partial charge in [0.25, 0.3) is 5.91 Å². The van der Waals surface area contributed by atoms with Crippen molar-refractivity contribution in [3.63, 3.8) is 0 Å². The van der Waals surface area contributed by atoms with Crippen LogP contribution in [0.4, 0.5) is 21.7 Å². The first kappa shape index (κ1) is 20.4. The number of amides is 1. The summed E-state index contributed by atoms with van der Waals surface area (Å²) in [6.07, 6.45) is 0. The van der Waals surface area contributed by atoms with Gasteiger partial charge in [-0.05, 0) is 12.0 Å². The Morgan fingerprint density at radius 2 is 2.03 bits per heavy atom. The topological polar surface area (TPSA) is 154 Å². The second-order valence-corrected chi connectivity index (χ2v) is 8.18. The van der Waals surface area contributed by atoms with Gasteiger partial charge in [-0.3, -0.25) is 4.79 Å². The van der Waals surface area contributed by atoms with Gasteiger partial charge in [0.1, 0.15) is 18.0 Å². The number of aromatic hydroxyl groups is 2. The average molecular weight is 427 g/mol. The number of rotatable bonds is 6. The van der Waals surface area contributed by atoms with Crippen molar-refractivity contribution in [2.75, 3.05) is 22.8 Å². The van der Waals surface area contributed by atoms with Crippen LogP contribution in [0.25, 0.3) is 0 Å². The highest BCUT2D eigenvalue weighted by Gasteiger charge is 2.37. The largest absolute Gasteiger partial charge is 0.506 e. The number of carbonyl (C=O) groups excluding carboxylic acids is 1. The molecule has 29 heavy (non-hydrogen) atoms. The van der Waals surface area contributed by atoms with Crippen molar-refractivity contribution in [3.8, 4) is 17.5 Å². The molecule has 0 saturated carbocycles. The molecule has 0 bridgehead atoms. The minimum atomic E-state index is -4.29. The summed E-state index contributed by atoms with van der Waals surface area (Å²) in [6.45, 7) is 3.54. The Labute approximate surface area is 165 Å². The van der Waals surface area contributed by atoms with Crippen molar-refractivity contribution >= 4 is 33.4 Å². The molecule has 1 aromatic carbocycles. The molecule has 2 aromatic rings. The minimum Gasteiger partial charge on any atom is -0.506 e. The maximum atomic E-state index is 14.5. The van der Waals surface area contributed by atoms with E-state index >= 15 is 0 Å². The van der Waals surface area contributed by atoms with E-state index in [1.54, 1.807) is 4.72 Å². The van der Waals surface area contributed by atoms with Crippen LogP contribution in [0.3, 0.4) is 0 Å². The fourth-order valence-electron chi connectivity index (χ4n) is 2.47. The van der Waals surface area contributed by atoms with Crippen LogP contribution in [-0.2, 0) is 15.0 Å². The molecule has 2 heterocycles. The average Bonchev–Trinajstić information content (AvgIpc) is 2.84. The summed E-state index contributed by atoms with van der Waals surface area (Å²) in [7, 11) is -4.29. The Bertz CT molecular complexity index is 1040. The Balaban J connectivity index is 1.87. The smallest absolute Gasteiger partial charge is 0.326 e. The molecule has 1 aliphatic heterocycles. The highest BCUT2D eigenvalue weighted by atomic mass is 32.2. The molecule has 156 valence electrons. The highest BCUT2D eigenvalue weighted by Crippen LogP contribution is 2.36. The van der Waals surface area contributed by atoms with E-state index in [9.17, 15) is 27.8 Å². The molecule has 0 spiro atoms. The Kier molecular flexibility index (Phi) is 5.33. The molecule has 0 aliphatic carbocycles. The third-order valence-corrected chi connectivity index (χ3v) is 5.00. The molecule has 3 rings (SSSR count). The van der Waals surface area contributed by atoms with Gasteiger partial charge in [0, 0.05) is 11.8 Å². The van der Waals surface area contributed by atoms with Crippen LogP contribution < -0.4 is 19.1 Å². The van der Waals surface area contributed by atoms with Crippen molar-refractivity contribution in [1.82, 2.24) is 14.7 Å².